The number of hydrogen-bond acceptors (Lipinski definition) is 2. The maximum Gasteiger partial charge on any atom is 0.227 e. The highest BCUT2D eigenvalue weighted by molar-refractivity contribution is 5.85. The zero-order valence-electron chi connectivity index (χ0n) is 10.5. The summed E-state index contributed by atoms with van der Waals surface area (Å²) < 4.78 is 26.4. The van der Waals surface area contributed by atoms with E-state index in [9.17, 15) is 13.6 Å². The lowest BCUT2D eigenvalue weighted by Gasteiger charge is -2.20. The Morgan fingerprint density at radius 2 is 2.05 bits per heavy atom. The van der Waals surface area contributed by atoms with Crippen LogP contribution in [0.2, 0.25) is 0 Å². The van der Waals surface area contributed by atoms with E-state index in [4.69, 9.17) is 0 Å². The number of carbonyl (C=O) groups excluding carboxylic acids is 1. The fourth-order valence-corrected chi connectivity index (χ4v) is 2.05. The topological polar surface area (TPSA) is 32.3 Å². The fraction of sp³-hybridized carbons (Fsp3) is 0.462. The van der Waals surface area contributed by atoms with E-state index >= 15 is 0 Å². The largest absolute Gasteiger partial charge is 0.341 e. The van der Waals surface area contributed by atoms with Crippen molar-refractivity contribution in [2.24, 2.45) is 0 Å². The first-order chi connectivity index (χ1) is 8.66. The molecule has 0 bridgehead atoms. The minimum atomic E-state index is -0.530. The summed E-state index contributed by atoms with van der Waals surface area (Å²) in [4.78, 5) is 13.7. The Bertz CT molecular complexity index is 435. The summed E-state index contributed by atoms with van der Waals surface area (Å²) in [6, 6.07) is 3.20. The maximum absolute atomic E-state index is 13.4. The van der Waals surface area contributed by atoms with Gasteiger partial charge < -0.3 is 10.2 Å². The fourth-order valence-electron chi connectivity index (χ4n) is 2.05. The van der Waals surface area contributed by atoms with Crippen LogP contribution < -0.4 is 5.32 Å². The van der Waals surface area contributed by atoms with E-state index in [1.807, 2.05) is 0 Å². The molecule has 6 heteroatoms. The molecule has 0 spiro atoms. The number of carbonyl (C=O) groups is 1. The second kappa shape index (κ2) is 7.40. The molecule has 1 fully saturated rings. The van der Waals surface area contributed by atoms with Crippen molar-refractivity contribution >= 4 is 18.3 Å². The molecule has 1 aliphatic heterocycles. The summed E-state index contributed by atoms with van der Waals surface area (Å²) in [5.74, 6) is -1.20. The summed E-state index contributed by atoms with van der Waals surface area (Å²) in [5, 5.41) is 3.19. The smallest absolute Gasteiger partial charge is 0.227 e. The van der Waals surface area contributed by atoms with Crippen molar-refractivity contribution < 1.29 is 13.6 Å². The van der Waals surface area contributed by atoms with Crippen LogP contribution in [0, 0.1) is 11.6 Å². The van der Waals surface area contributed by atoms with Gasteiger partial charge in [-0.3, -0.25) is 4.79 Å². The van der Waals surface area contributed by atoms with Gasteiger partial charge in [-0.2, -0.15) is 0 Å². The molecule has 106 valence electrons. The summed E-state index contributed by atoms with van der Waals surface area (Å²) in [5.41, 5.74) is 0.122. The Kier molecular flexibility index (Phi) is 6.18. The van der Waals surface area contributed by atoms with Crippen LogP contribution in [0.3, 0.4) is 0 Å². The van der Waals surface area contributed by atoms with E-state index in [2.05, 4.69) is 5.32 Å². The lowest BCUT2D eigenvalue weighted by atomic mass is 10.1. The summed E-state index contributed by atoms with van der Waals surface area (Å²) in [6.45, 7) is 2.92. The van der Waals surface area contributed by atoms with Crippen LogP contribution in [0.4, 0.5) is 8.78 Å². The molecule has 2 rings (SSSR count). The van der Waals surface area contributed by atoms with E-state index in [-0.39, 0.29) is 30.3 Å². The minimum absolute atomic E-state index is 0. The van der Waals surface area contributed by atoms with E-state index in [0.717, 1.165) is 37.7 Å². The third-order valence-corrected chi connectivity index (χ3v) is 3.04. The van der Waals surface area contributed by atoms with E-state index in [1.165, 1.54) is 0 Å². The van der Waals surface area contributed by atoms with Crippen LogP contribution >= 0.6 is 12.4 Å². The van der Waals surface area contributed by atoms with Gasteiger partial charge in [0.25, 0.3) is 0 Å². The molecule has 0 unspecified atom stereocenters. The Morgan fingerprint density at radius 1 is 1.26 bits per heavy atom. The molecule has 1 saturated heterocycles. The maximum atomic E-state index is 13.4. The second-order valence-electron chi connectivity index (χ2n) is 4.40. The lowest BCUT2D eigenvalue weighted by Crippen LogP contribution is -2.35. The number of nitrogens with zero attached hydrogens (tertiary/aromatic N) is 1. The van der Waals surface area contributed by atoms with Crippen molar-refractivity contribution in [1.29, 1.82) is 0 Å². The molecule has 0 aliphatic carbocycles. The Morgan fingerprint density at radius 3 is 2.84 bits per heavy atom. The predicted octanol–water partition coefficient (Wildman–Crippen LogP) is 1.75. The quantitative estimate of drug-likeness (QED) is 0.900. The van der Waals surface area contributed by atoms with Crippen molar-refractivity contribution in [3.63, 3.8) is 0 Å². The zero-order valence-corrected chi connectivity index (χ0v) is 11.3. The van der Waals surface area contributed by atoms with Gasteiger partial charge in [0.05, 0.1) is 6.42 Å². The standard InChI is InChI=1S/C13H16F2N2O.ClH/c14-11-2-3-12(15)10(8-11)9-13(18)17-6-1-4-16-5-7-17;/h2-3,8,16H,1,4-7,9H2;1H. The molecule has 1 aromatic rings. The molecule has 1 heterocycles. The third kappa shape index (κ3) is 4.44. The average Bonchev–Trinajstić information content (AvgIpc) is 2.62. The Labute approximate surface area is 117 Å². The number of rotatable bonds is 2. The highest BCUT2D eigenvalue weighted by Crippen LogP contribution is 2.12. The van der Waals surface area contributed by atoms with Crippen molar-refractivity contribution in [3.8, 4) is 0 Å². The predicted molar refractivity (Wildman–Crippen MR) is 71.4 cm³/mol. The molecule has 1 N–H and O–H groups in total. The highest BCUT2D eigenvalue weighted by atomic mass is 35.5. The molecule has 1 amide bonds. The Balaban J connectivity index is 0.00000180. The van der Waals surface area contributed by atoms with Gasteiger partial charge in [0.15, 0.2) is 0 Å². The van der Waals surface area contributed by atoms with Gasteiger partial charge in [-0.15, -0.1) is 12.4 Å². The van der Waals surface area contributed by atoms with Crippen LogP contribution in [0.25, 0.3) is 0 Å². The first kappa shape index (κ1) is 15.9. The minimum Gasteiger partial charge on any atom is -0.341 e. The Hall–Kier alpha value is -1.20. The monoisotopic (exact) mass is 290 g/mol. The summed E-state index contributed by atoms with van der Waals surface area (Å²) >= 11 is 0. The molecule has 1 aliphatic rings. The molecular weight excluding hydrogens is 274 g/mol. The first-order valence-electron chi connectivity index (χ1n) is 6.09. The summed E-state index contributed by atoms with van der Waals surface area (Å²) in [7, 11) is 0. The molecule has 19 heavy (non-hydrogen) atoms. The molecular formula is C13H17ClF2N2O. The zero-order chi connectivity index (χ0) is 13.0. The van der Waals surface area contributed by atoms with Gasteiger partial charge in [0.1, 0.15) is 11.6 Å². The van der Waals surface area contributed by atoms with Gasteiger partial charge in [-0.25, -0.2) is 8.78 Å². The van der Waals surface area contributed by atoms with E-state index in [1.54, 1.807) is 4.90 Å². The normalized spacial score (nSPS) is 15.6. The number of hydrogen-bond donors (Lipinski definition) is 1. The molecule has 0 saturated carbocycles. The molecule has 3 nitrogen and oxygen atoms in total. The van der Waals surface area contributed by atoms with E-state index < -0.39 is 11.6 Å². The van der Waals surface area contributed by atoms with Gasteiger partial charge >= 0.3 is 0 Å². The number of halogens is 3. The van der Waals surface area contributed by atoms with Crippen molar-refractivity contribution in [2.45, 2.75) is 12.8 Å². The van der Waals surface area contributed by atoms with Crippen LogP contribution in [0.15, 0.2) is 18.2 Å². The third-order valence-electron chi connectivity index (χ3n) is 3.04. The molecule has 0 aromatic heterocycles. The van der Waals surface area contributed by atoms with Crippen LogP contribution in [0.1, 0.15) is 12.0 Å². The van der Waals surface area contributed by atoms with Crippen molar-refractivity contribution in [2.75, 3.05) is 26.2 Å². The second-order valence-corrected chi connectivity index (χ2v) is 4.40. The van der Waals surface area contributed by atoms with Gasteiger partial charge in [0.2, 0.25) is 5.91 Å². The van der Waals surface area contributed by atoms with Crippen molar-refractivity contribution in [1.82, 2.24) is 10.2 Å². The van der Waals surface area contributed by atoms with Crippen molar-refractivity contribution in [3.05, 3.63) is 35.4 Å². The van der Waals surface area contributed by atoms with Crippen LogP contribution in [-0.2, 0) is 11.2 Å². The number of amides is 1. The van der Waals surface area contributed by atoms with Gasteiger partial charge in [-0.05, 0) is 31.2 Å². The molecule has 0 atom stereocenters. The number of benzene rings is 1. The lowest BCUT2D eigenvalue weighted by molar-refractivity contribution is -0.130. The first-order valence-corrected chi connectivity index (χ1v) is 6.09. The highest BCUT2D eigenvalue weighted by Gasteiger charge is 2.17. The molecule has 0 radical (unpaired) electrons. The SMILES string of the molecule is Cl.O=C(Cc1cc(F)ccc1F)N1CCCNCC1. The molecule has 1 aromatic carbocycles. The van der Waals surface area contributed by atoms with Crippen LogP contribution in [-0.4, -0.2) is 37.0 Å². The summed E-state index contributed by atoms with van der Waals surface area (Å²) in [6.07, 6.45) is 0.807. The van der Waals surface area contributed by atoms with E-state index in [0.29, 0.717) is 13.1 Å². The van der Waals surface area contributed by atoms with Crippen LogP contribution in [0.5, 0.6) is 0 Å². The number of nitrogens with one attached hydrogen (secondary N) is 1. The van der Waals surface area contributed by atoms with Gasteiger partial charge in [0, 0.05) is 25.2 Å². The average molecular weight is 291 g/mol. The van der Waals surface area contributed by atoms with Gasteiger partial charge in [-0.1, -0.05) is 0 Å².